The number of amides is 5. The number of rotatable bonds is 14. The van der Waals surface area contributed by atoms with Crippen LogP contribution in [0.2, 0.25) is 5.02 Å². The van der Waals surface area contributed by atoms with Crippen molar-refractivity contribution in [1.82, 2.24) is 5.32 Å². The van der Waals surface area contributed by atoms with Crippen LogP contribution in [-0.4, -0.2) is 76.7 Å². The Kier molecular flexibility index (Phi) is 13.6. The maximum atomic E-state index is 13.2. The topological polar surface area (TPSA) is 262 Å². The Bertz CT molecular complexity index is 2540. The van der Waals surface area contributed by atoms with Gasteiger partial charge >= 0.3 is 5.97 Å². The van der Waals surface area contributed by atoms with Gasteiger partial charge in [0.25, 0.3) is 23.6 Å². The highest BCUT2D eigenvalue weighted by molar-refractivity contribution is 6.35. The molecule has 0 saturated heterocycles. The molecule has 0 fully saturated rings. The molecule has 0 aliphatic heterocycles. The summed E-state index contributed by atoms with van der Waals surface area (Å²) in [7, 11) is 2.34. The quantitative estimate of drug-likeness (QED) is 0.0576. The Morgan fingerprint density at radius 3 is 1.73 bits per heavy atom. The zero-order valence-electron chi connectivity index (χ0n) is 31.9. The van der Waals surface area contributed by atoms with Gasteiger partial charge in [-0.05, 0) is 97.4 Å². The van der Waals surface area contributed by atoms with Gasteiger partial charge in [-0.15, -0.1) is 0 Å². The number of ether oxygens (including phenoxy) is 2. The van der Waals surface area contributed by atoms with Crippen molar-refractivity contribution in [3.63, 3.8) is 0 Å². The van der Waals surface area contributed by atoms with E-state index in [0.29, 0.717) is 11.3 Å². The average Bonchev–Trinajstić information content (AvgIpc) is 3.21. The standard InChI is InChI=1S/C42H36ClN5O12/c1-21(18-22-4-11-26(49)12-5-22)38(53)46-24-8-6-23(7-9-24)39(54)44-20-33(50)45-25-10-13-27(30(43)19-25)40(55)47-31-16-14-28(34(51)36(31)59-2)41(56)48-32-17-15-29(42(57)58)35(52)37(32)60-3/h4-19,49,51-52H,20H2,1-3H3,(H,44,54)(H,45,50)(H,46,53)(H,47,55)(H,48,56)(H,57,58)/b21-18+. The van der Waals surface area contributed by atoms with E-state index in [0.717, 1.165) is 18.7 Å². The second-order valence-electron chi connectivity index (χ2n) is 12.7. The van der Waals surface area contributed by atoms with Gasteiger partial charge < -0.3 is 56.5 Å². The molecule has 9 N–H and O–H groups in total. The second-order valence-corrected chi connectivity index (χ2v) is 13.1. The monoisotopic (exact) mass is 837 g/mol. The molecule has 18 heteroatoms. The fraction of sp³-hybridized carbons (Fsp3) is 0.0952. The predicted molar refractivity (Wildman–Crippen MR) is 221 cm³/mol. The first kappa shape index (κ1) is 43.1. The number of carbonyl (C=O) groups excluding carboxylic acids is 5. The Labute approximate surface area is 346 Å². The van der Waals surface area contributed by atoms with Crippen LogP contribution in [0.1, 0.15) is 53.9 Å². The summed E-state index contributed by atoms with van der Waals surface area (Å²) >= 11 is 6.38. The number of carbonyl (C=O) groups is 6. The van der Waals surface area contributed by atoms with Gasteiger partial charge in [0.15, 0.2) is 23.0 Å². The average molecular weight is 838 g/mol. The van der Waals surface area contributed by atoms with Crippen LogP contribution in [0.5, 0.6) is 28.7 Å². The van der Waals surface area contributed by atoms with Crippen molar-refractivity contribution in [2.45, 2.75) is 6.92 Å². The summed E-state index contributed by atoms with van der Waals surface area (Å²) < 4.78 is 10.3. The fourth-order valence-electron chi connectivity index (χ4n) is 5.55. The second kappa shape index (κ2) is 18.9. The van der Waals surface area contributed by atoms with Gasteiger partial charge in [0, 0.05) is 22.5 Å². The molecule has 5 aromatic carbocycles. The van der Waals surface area contributed by atoms with Crippen molar-refractivity contribution in [3.05, 3.63) is 129 Å². The van der Waals surface area contributed by atoms with E-state index in [2.05, 4.69) is 26.6 Å². The number of anilines is 4. The highest BCUT2D eigenvalue weighted by Gasteiger charge is 2.24. The highest BCUT2D eigenvalue weighted by atomic mass is 35.5. The SMILES string of the molecule is COc1c(NC(=O)c2ccc(NC(=O)c3ccc(NC(=O)CNC(=O)c4ccc(NC(=O)/C(C)=C/c5ccc(O)cc5)cc4)cc3Cl)c(OC)c2O)ccc(C(=O)O)c1O. The van der Waals surface area contributed by atoms with Gasteiger partial charge in [0.1, 0.15) is 11.3 Å². The zero-order chi connectivity index (χ0) is 43.7. The molecule has 308 valence electrons. The molecule has 0 saturated carbocycles. The number of hydrogen-bond donors (Lipinski definition) is 9. The number of aromatic carboxylic acids is 1. The lowest BCUT2D eigenvalue weighted by Gasteiger charge is -2.16. The minimum atomic E-state index is -1.43. The molecule has 0 atom stereocenters. The van der Waals surface area contributed by atoms with Crippen molar-refractivity contribution in [2.75, 3.05) is 42.0 Å². The number of carboxylic acid groups (broad SMARTS) is 1. The van der Waals surface area contributed by atoms with Crippen LogP contribution in [-0.2, 0) is 9.59 Å². The number of halogens is 1. The molecule has 17 nitrogen and oxygen atoms in total. The Morgan fingerprint density at radius 2 is 1.17 bits per heavy atom. The van der Waals surface area contributed by atoms with Gasteiger partial charge in [-0.3, -0.25) is 24.0 Å². The molecule has 60 heavy (non-hydrogen) atoms. The van der Waals surface area contributed by atoms with Gasteiger partial charge in [-0.25, -0.2) is 4.79 Å². The van der Waals surface area contributed by atoms with Crippen molar-refractivity contribution in [2.24, 2.45) is 0 Å². The van der Waals surface area contributed by atoms with Crippen LogP contribution < -0.4 is 36.1 Å². The Hall–Kier alpha value is -8.05. The Balaban J connectivity index is 1.15. The number of methoxy groups -OCH3 is 2. The minimum absolute atomic E-state index is 0.0359. The van der Waals surface area contributed by atoms with E-state index in [4.69, 9.17) is 21.1 Å². The smallest absolute Gasteiger partial charge is 0.339 e. The summed E-state index contributed by atoms with van der Waals surface area (Å²) in [6.07, 6.45) is 1.66. The van der Waals surface area contributed by atoms with Gasteiger partial charge in [-0.2, -0.15) is 0 Å². The highest BCUT2D eigenvalue weighted by Crippen LogP contribution is 2.41. The number of benzene rings is 5. The summed E-state index contributed by atoms with van der Waals surface area (Å²) in [6, 6.07) is 21.1. The van der Waals surface area contributed by atoms with Crippen LogP contribution in [0.4, 0.5) is 22.7 Å². The number of phenols is 3. The van der Waals surface area contributed by atoms with E-state index in [-0.39, 0.29) is 61.9 Å². The van der Waals surface area contributed by atoms with Crippen LogP contribution in [0.15, 0.2) is 96.6 Å². The minimum Gasteiger partial charge on any atom is -0.508 e. The molecule has 0 aliphatic rings. The van der Waals surface area contributed by atoms with Gasteiger partial charge in [0.05, 0.1) is 48.3 Å². The normalized spacial score (nSPS) is 10.8. The first-order valence-corrected chi connectivity index (χ1v) is 17.9. The molecule has 0 spiro atoms. The summed E-state index contributed by atoms with van der Waals surface area (Å²) in [4.78, 5) is 75.6. The maximum absolute atomic E-state index is 13.2. The molecular formula is C42H36ClN5O12. The van der Waals surface area contributed by atoms with E-state index in [1.807, 2.05) is 0 Å². The lowest BCUT2D eigenvalue weighted by molar-refractivity contribution is -0.115. The van der Waals surface area contributed by atoms with Crippen LogP contribution in [0.25, 0.3) is 6.08 Å². The molecule has 0 heterocycles. The molecule has 0 aliphatic carbocycles. The summed E-state index contributed by atoms with van der Waals surface area (Å²) in [5.74, 6) is -6.49. The van der Waals surface area contributed by atoms with E-state index < -0.39 is 53.2 Å². The number of nitrogens with one attached hydrogen (secondary N) is 5. The summed E-state index contributed by atoms with van der Waals surface area (Å²) in [5, 5.41) is 52.5. The number of phenolic OH excluding ortho intramolecular Hbond substituents is 2. The molecule has 0 unspecified atom stereocenters. The molecule has 5 aromatic rings. The lowest BCUT2D eigenvalue weighted by atomic mass is 10.1. The molecule has 0 aromatic heterocycles. The molecule has 5 amide bonds. The number of aromatic hydroxyl groups is 3. The van der Waals surface area contributed by atoms with Crippen LogP contribution in [0.3, 0.4) is 0 Å². The fourth-order valence-corrected chi connectivity index (χ4v) is 5.82. The van der Waals surface area contributed by atoms with Crippen molar-refractivity contribution < 1.29 is 58.7 Å². The lowest BCUT2D eigenvalue weighted by Crippen LogP contribution is -2.32. The predicted octanol–water partition coefficient (Wildman–Crippen LogP) is 6.09. The first-order valence-electron chi connectivity index (χ1n) is 17.5. The third-order valence-electron chi connectivity index (χ3n) is 8.59. The van der Waals surface area contributed by atoms with Gasteiger partial charge in [-0.1, -0.05) is 23.7 Å². The van der Waals surface area contributed by atoms with Crippen molar-refractivity contribution in [3.8, 4) is 28.7 Å². The van der Waals surface area contributed by atoms with Crippen molar-refractivity contribution >= 4 is 75.9 Å². The third kappa shape index (κ3) is 10.3. The molecule has 0 radical (unpaired) electrons. The largest absolute Gasteiger partial charge is 0.508 e. The van der Waals surface area contributed by atoms with E-state index >= 15 is 0 Å². The number of hydrogen-bond acceptors (Lipinski definition) is 11. The molecule has 5 rings (SSSR count). The first-order chi connectivity index (χ1) is 28.6. The van der Waals surface area contributed by atoms with E-state index in [1.54, 1.807) is 25.1 Å². The molecular weight excluding hydrogens is 802 g/mol. The number of carboxylic acids is 1. The Morgan fingerprint density at radius 1 is 0.633 bits per heavy atom. The molecule has 0 bridgehead atoms. The third-order valence-corrected chi connectivity index (χ3v) is 8.90. The summed E-state index contributed by atoms with van der Waals surface area (Å²) in [5.41, 5.74) is 1.06. The zero-order valence-corrected chi connectivity index (χ0v) is 32.6. The summed E-state index contributed by atoms with van der Waals surface area (Å²) in [6.45, 7) is 1.22. The van der Waals surface area contributed by atoms with Gasteiger partial charge in [0.2, 0.25) is 5.91 Å². The van der Waals surface area contributed by atoms with E-state index in [9.17, 15) is 49.2 Å². The van der Waals surface area contributed by atoms with Crippen LogP contribution in [0, 0.1) is 0 Å². The van der Waals surface area contributed by atoms with Crippen LogP contribution >= 0.6 is 11.6 Å². The van der Waals surface area contributed by atoms with E-state index in [1.165, 1.54) is 79.9 Å². The maximum Gasteiger partial charge on any atom is 0.339 e. The van der Waals surface area contributed by atoms with Crippen molar-refractivity contribution in [1.29, 1.82) is 0 Å².